The summed E-state index contributed by atoms with van der Waals surface area (Å²) < 4.78 is 11.0. The predicted octanol–water partition coefficient (Wildman–Crippen LogP) is 4.13. The van der Waals surface area contributed by atoms with Crippen LogP contribution in [0.5, 0.6) is 5.75 Å². The summed E-state index contributed by atoms with van der Waals surface area (Å²) in [6.07, 6.45) is 0. The molecule has 27 heavy (non-hydrogen) atoms. The number of carbonyl (C=O) groups excluding carboxylic acids is 2. The van der Waals surface area contributed by atoms with Crippen LogP contribution in [0.2, 0.25) is 0 Å². The molecule has 0 spiro atoms. The van der Waals surface area contributed by atoms with Crippen molar-refractivity contribution in [1.82, 2.24) is 4.98 Å². The molecule has 0 aliphatic rings. The molecular weight excluding hydrogens is 364 g/mol. The van der Waals surface area contributed by atoms with E-state index in [4.69, 9.17) is 9.47 Å². The number of aromatic nitrogens is 1. The van der Waals surface area contributed by atoms with Crippen LogP contribution in [0.1, 0.15) is 24.2 Å². The first-order chi connectivity index (χ1) is 12.9. The Morgan fingerprint density at radius 1 is 1.15 bits per heavy atom. The average Bonchev–Trinajstić information content (AvgIpc) is 3.08. The van der Waals surface area contributed by atoms with Gasteiger partial charge >= 0.3 is 11.9 Å². The summed E-state index contributed by atoms with van der Waals surface area (Å²) in [4.78, 5) is 28.6. The topological polar surface area (TPSA) is 77.5 Å². The third-order valence-electron chi connectivity index (χ3n) is 4.00. The molecule has 0 amide bonds. The van der Waals surface area contributed by atoms with Crippen molar-refractivity contribution in [1.29, 1.82) is 0 Å². The number of esters is 2. The quantitative estimate of drug-likeness (QED) is 0.509. The Bertz CT molecular complexity index is 967. The maximum Gasteiger partial charge on any atom is 0.343 e. The largest absolute Gasteiger partial charge is 0.469 e. The van der Waals surface area contributed by atoms with Gasteiger partial charge in [0.15, 0.2) is 5.13 Å². The Balaban J connectivity index is 1.73. The molecule has 3 rings (SSSR count). The van der Waals surface area contributed by atoms with Gasteiger partial charge in [-0.15, -0.1) is 0 Å². The second kappa shape index (κ2) is 7.75. The minimum atomic E-state index is -0.669. The van der Waals surface area contributed by atoms with E-state index >= 15 is 0 Å². The Labute approximate surface area is 161 Å². The first kappa shape index (κ1) is 18.8. The number of para-hydroxylation sites is 1. The number of rotatable bonds is 6. The molecule has 0 fully saturated rings. The summed E-state index contributed by atoms with van der Waals surface area (Å²) in [5.41, 5.74) is 0.558. The monoisotopic (exact) mass is 384 g/mol. The number of ether oxygens (including phenoxy) is 2. The van der Waals surface area contributed by atoms with E-state index in [1.807, 2.05) is 18.2 Å². The highest BCUT2D eigenvalue weighted by Gasteiger charge is 2.28. The highest BCUT2D eigenvalue weighted by Crippen LogP contribution is 2.28. The molecule has 0 bridgehead atoms. The molecular formula is C20H20N2O4S. The van der Waals surface area contributed by atoms with Crippen LogP contribution in [-0.2, 0) is 9.53 Å². The summed E-state index contributed by atoms with van der Waals surface area (Å²) in [6.45, 7) is 4.00. The van der Waals surface area contributed by atoms with E-state index in [9.17, 15) is 9.59 Å². The van der Waals surface area contributed by atoms with E-state index < -0.39 is 11.4 Å². The van der Waals surface area contributed by atoms with Crippen LogP contribution in [0.15, 0.2) is 48.5 Å². The van der Waals surface area contributed by atoms with Gasteiger partial charge in [0.25, 0.3) is 0 Å². The van der Waals surface area contributed by atoms with Crippen molar-refractivity contribution in [2.24, 2.45) is 5.41 Å². The van der Waals surface area contributed by atoms with E-state index in [0.717, 1.165) is 10.2 Å². The van der Waals surface area contributed by atoms with E-state index in [2.05, 4.69) is 10.3 Å². The van der Waals surface area contributed by atoms with Crippen LogP contribution in [-0.4, -0.2) is 30.6 Å². The molecule has 7 heteroatoms. The van der Waals surface area contributed by atoms with Crippen molar-refractivity contribution < 1.29 is 19.1 Å². The van der Waals surface area contributed by atoms with Crippen LogP contribution in [0.25, 0.3) is 10.2 Å². The Morgan fingerprint density at radius 2 is 1.89 bits per heavy atom. The molecule has 0 aliphatic carbocycles. The fraction of sp³-hybridized carbons (Fsp3) is 0.250. The lowest BCUT2D eigenvalue weighted by atomic mass is 9.94. The van der Waals surface area contributed by atoms with Gasteiger partial charge < -0.3 is 14.8 Å². The molecule has 3 aromatic rings. The summed E-state index contributed by atoms with van der Waals surface area (Å²) in [6, 6.07) is 14.2. The van der Waals surface area contributed by atoms with Crippen molar-refractivity contribution >= 4 is 38.6 Å². The number of hydrogen-bond acceptors (Lipinski definition) is 7. The highest BCUT2D eigenvalue weighted by atomic mass is 32.1. The van der Waals surface area contributed by atoms with Crippen LogP contribution >= 0.6 is 11.3 Å². The lowest BCUT2D eigenvalue weighted by Crippen LogP contribution is -2.33. The van der Waals surface area contributed by atoms with Crippen molar-refractivity contribution in [3.05, 3.63) is 54.1 Å². The van der Waals surface area contributed by atoms with E-state index in [1.54, 1.807) is 44.2 Å². The molecule has 0 radical (unpaired) electrons. The van der Waals surface area contributed by atoms with Gasteiger partial charge in [-0.3, -0.25) is 4.79 Å². The van der Waals surface area contributed by atoms with Crippen LogP contribution in [0.4, 0.5) is 5.13 Å². The number of fused-ring (bicyclic) bond motifs is 1. The minimum absolute atomic E-state index is 0.290. The molecule has 0 saturated carbocycles. The van der Waals surface area contributed by atoms with Gasteiger partial charge in [-0.1, -0.05) is 29.5 Å². The fourth-order valence-corrected chi connectivity index (χ4v) is 3.33. The molecule has 1 aromatic heterocycles. The first-order valence-corrected chi connectivity index (χ1v) is 9.21. The maximum absolute atomic E-state index is 12.3. The number of hydrogen-bond donors (Lipinski definition) is 1. The van der Waals surface area contributed by atoms with E-state index in [1.165, 1.54) is 18.4 Å². The van der Waals surface area contributed by atoms with Crippen molar-refractivity contribution in [2.45, 2.75) is 13.8 Å². The molecule has 1 N–H and O–H groups in total. The van der Waals surface area contributed by atoms with Gasteiger partial charge in [-0.2, -0.15) is 0 Å². The first-order valence-electron chi connectivity index (χ1n) is 8.39. The Kier molecular flexibility index (Phi) is 5.41. The molecule has 0 aliphatic heterocycles. The van der Waals surface area contributed by atoms with Crippen LogP contribution in [0.3, 0.4) is 0 Å². The van der Waals surface area contributed by atoms with Crippen LogP contribution in [0, 0.1) is 5.41 Å². The van der Waals surface area contributed by atoms with Crippen LogP contribution < -0.4 is 10.1 Å². The molecule has 0 atom stereocenters. The van der Waals surface area contributed by atoms with Gasteiger partial charge in [0.05, 0.1) is 28.3 Å². The lowest BCUT2D eigenvalue weighted by molar-refractivity contribution is -0.149. The zero-order valence-electron chi connectivity index (χ0n) is 15.3. The summed E-state index contributed by atoms with van der Waals surface area (Å²) in [7, 11) is 1.37. The molecule has 1 heterocycles. The highest BCUT2D eigenvalue weighted by molar-refractivity contribution is 7.22. The van der Waals surface area contributed by atoms with Gasteiger partial charge in [0.1, 0.15) is 5.75 Å². The van der Waals surface area contributed by atoms with Crippen molar-refractivity contribution in [3.63, 3.8) is 0 Å². The number of benzene rings is 2. The van der Waals surface area contributed by atoms with Gasteiger partial charge in [0, 0.05) is 6.54 Å². The van der Waals surface area contributed by atoms with Crippen molar-refractivity contribution in [2.75, 3.05) is 19.0 Å². The Hall–Kier alpha value is -2.93. The number of methoxy groups -OCH3 is 1. The van der Waals surface area contributed by atoms with E-state index in [0.29, 0.717) is 23.0 Å². The maximum atomic E-state index is 12.3. The normalized spacial score (nSPS) is 11.2. The predicted molar refractivity (Wildman–Crippen MR) is 105 cm³/mol. The number of nitrogens with zero attached hydrogens (tertiary/aromatic N) is 1. The minimum Gasteiger partial charge on any atom is -0.469 e. The second-order valence-corrected chi connectivity index (χ2v) is 7.66. The standard InChI is InChI=1S/C20H20N2O4S/c1-20(2,18(24)25-3)12-21-19-22-15-10-9-13(11-16(15)27-19)17(23)26-14-7-5-4-6-8-14/h4-11H,12H2,1-3H3,(H,21,22). The number of thiazole rings is 1. The fourth-order valence-electron chi connectivity index (χ4n) is 2.43. The number of carbonyl (C=O) groups is 2. The summed E-state index contributed by atoms with van der Waals surface area (Å²) in [5, 5.41) is 3.84. The third-order valence-corrected chi connectivity index (χ3v) is 4.97. The summed E-state index contributed by atoms with van der Waals surface area (Å²) >= 11 is 1.41. The number of anilines is 1. The number of nitrogens with one attached hydrogen (secondary N) is 1. The lowest BCUT2D eigenvalue weighted by Gasteiger charge is -2.21. The molecule has 6 nitrogen and oxygen atoms in total. The molecule has 0 saturated heterocycles. The Morgan fingerprint density at radius 3 is 2.59 bits per heavy atom. The van der Waals surface area contributed by atoms with Gasteiger partial charge in [-0.25, -0.2) is 9.78 Å². The van der Waals surface area contributed by atoms with Crippen molar-refractivity contribution in [3.8, 4) is 5.75 Å². The SMILES string of the molecule is COC(=O)C(C)(C)CNc1nc2ccc(C(=O)Oc3ccccc3)cc2s1. The van der Waals surface area contributed by atoms with Gasteiger partial charge in [-0.05, 0) is 44.2 Å². The second-order valence-electron chi connectivity index (χ2n) is 6.63. The molecule has 0 unspecified atom stereocenters. The van der Waals surface area contributed by atoms with Gasteiger partial charge in [0.2, 0.25) is 0 Å². The zero-order chi connectivity index (χ0) is 19.4. The smallest absolute Gasteiger partial charge is 0.343 e. The molecule has 140 valence electrons. The molecule has 2 aromatic carbocycles. The third kappa shape index (κ3) is 4.43. The zero-order valence-corrected chi connectivity index (χ0v) is 16.1. The summed E-state index contributed by atoms with van der Waals surface area (Å²) in [5.74, 6) is -0.209. The van der Waals surface area contributed by atoms with E-state index in [-0.39, 0.29) is 5.97 Å². The average molecular weight is 384 g/mol.